The van der Waals surface area contributed by atoms with Crippen LogP contribution in [0.3, 0.4) is 0 Å². The third kappa shape index (κ3) is 6.74. The number of hydrogen-bond acceptors (Lipinski definition) is 7. The molecule has 0 radical (unpaired) electrons. The Morgan fingerprint density at radius 2 is 1.64 bits per heavy atom. The smallest absolute Gasteiger partial charge is 0.327 e. The summed E-state index contributed by atoms with van der Waals surface area (Å²) in [7, 11) is 0. The molecule has 0 aromatic carbocycles. The number of carboxylic acid groups (broad SMARTS) is 1. The Hall–Kier alpha value is -1.85. The van der Waals surface area contributed by atoms with Crippen LogP contribution in [-0.4, -0.2) is 63.9 Å². The van der Waals surface area contributed by atoms with Gasteiger partial charge in [0.25, 0.3) is 0 Å². The van der Waals surface area contributed by atoms with Gasteiger partial charge in [0.05, 0.1) is 12.5 Å². The van der Waals surface area contributed by atoms with Crippen molar-refractivity contribution >= 4 is 36.3 Å². The van der Waals surface area contributed by atoms with Gasteiger partial charge in [-0.15, -0.1) is 0 Å². The molecule has 0 aliphatic carbocycles. The monoisotopic (exact) mass is 336 g/mol. The van der Waals surface area contributed by atoms with Crippen molar-refractivity contribution < 1.29 is 29.4 Å². The second-order valence-electron chi connectivity index (χ2n) is 4.58. The van der Waals surface area contributed by atoms with Crippen LogP contribution in [0.2, 0.25) is 0 Å². The number of carbonyl (C=O) groups is 4. The minimum absolute atomic E-state index is 0.189. The second kappa shape index (κ2) is 9.23. The first-order valence-electron chi connectivity index (χ1n) is 6.26. The molecule has 8 N–H and O–H groups in total. The van der Waals surface area contributed by atoms with Crippen LogP contribution in [0.4, 0.5) is 0 Å². The zero-order valence-electron chi connectivity index (χ0n) is 11.9. The molecule has 0 heterocycles. The molecule has 0 fully saturated rings. The lowest BCUT2D eigenvalue weighted by atomic mass is 10.1. The molecule has 4 unspecified atom stereocenters. The molecule has 0 spiro atoms. The SMILES string of the molecule is CC(O)C(N)C(=O)NC(CC(N)=O)C(=O)NC(CS)C(=O)O. The summed E-state index contributed by atoms with van der Waals surface area (Å²) < 4.78 is 0. The maximum atomic E-state index is 11.9. The molecule has 0 aromatic rings. The Kier molecular flexibility index (Phi) is 8.45. The predicted molar refractivity (Wildman–Crippen MR) is 78.8 cm³/mol. The van der Waals surface area contributed by atoms with Crippen LogP contribution < -0.4 is 22.1 Å². The van der Waals surface area contributed by atoms with Crippen LogP contribution in [0.1, 0.15) is 13.3 Å². The molecule has 22 heavy (non-hydrogen) atoms. The minimum Gasteiger partial charge on any atom is -0.480 e. The average molecular weight is 336 g/mol. The Morgan fingerprint density at radius 1 is 1.14 bits per heavy atom. The normalized spacial score (nSPS) is 16.0. The number of carbonyl (C=O) groups excluding carboxylic acids is 3. The Morgan fingerprint density at radius 3 is 2.00 bits per heavy atom. The van der Waals surface area contributed by atoms with E-state index in [9.17, 15) is 24.3 Å². The maximum Gasteiger partial charge on any atom is 0.327 e. The van der Waals surface area contributed by atoms with E-state index >= 15 is 0 Å². The van der Waals surface area contributed by atoms with E-state index in [1.54, 1.807) is 0 Å². The van der Waals surface area contributed by atoms with E-state index in [1.807, 2.05) is 0 Å². The molecule has 126 valence electrons. The summed E-state index contributed by atoms with van der Waals surface area (Å²) >= 11 is 3.77. The third-order valence-corrected chi connectivity index (χ3v) is 3.02. The van der Waals surface area contributed by atoms with E-state index in [4.69, 9.17) is 16.6 Å². The van der Waals surface area contributed by atoms with Crippen molar-refractivity contribution in [2.24, 2.45) is 11.5 Å². The second-order valence-corrected chi connectivity index (χ2v) is 4.95. The highest BCUT2D eigenvalue weighted by atomic mass is 32.1. The number of aliphatic hydroxyl groups is 1. The summed E-state index contributed by atoms with van der Waals surface area (Å²) in [4.78, 5) is 45.5. The van der Waals surface area contributed by atoms with Crippen molar-refractivity contribution in [3.8, 4) is 0 Å². The van der Waals surface area contributed by atoms with Crippen LogP contribution >= 0.6 is 12.6 Å². The topological polar surface area (TPSA) is 185 Å². The number of amides is 3. The zero-order valence-corrected chi connectivity index (χ0v) is 12.7. The fourth-order valence-corrected chi connectivity index (χ4v) is 1.60. The van der Waals surface area contributed by atoms with Crippen LogP contribution in [0.15, 0.2) is 0 Å². The first-order valence-corrected chi connectivity index (χ1v) is 6.89. The maximum absolute atomic E-state index is 11.9. The van der Waals surface area contributed by atoms with E-state index in [2.05, 4.69) is 23.3 Å². The van der Waals surface area contributed by atoms with E-state index in [0.29, 0.717) is 0 Å². The molecule has 10 nitrogen and oxygen atoms in total. The molecule has 0 bridgehead atoms. The Bertz CT molecular complexity index is 444. The lowest BCUT2D eigenvalue weighted by molar-refractivity contribution is -0.141. The number of primary amides is 1. The fraction of sp³-hybridized carbons (Fsp3) is 0.636. The van der Waals surface area contributed by atoms with Gasteiger partial charge in [0.2, 0.25) is 17.7 Å². The van der Waals surface area contributed by atoms with Crippen molar-refractivity contribution in [3.05, 3.63) is 0 Å². The lowest BCUT2D eigenvalue weighted by Gasteiger charge is -2.22. The molecule has 0 saturated carbocycles. The van der Waals surface area contributed by atoms with Crippen LogP contribution in [0.5, 0.6) is 0 Å². The van der Waals surface area contributed by atoms with Crippen molar-refractivity contribution in [1.29, 1.82) is 0 Å². The number of rotatable bonds is 9. The molecule has 3 amide bonds. The number of thiol groups is 1. The van der Waals surface area contributed by atoms with Gasteiger partial charge >= 0.3 is 5.97 Å². The number of carboxylic acids is 1. The number of nitrogens with one attached hydrogen (secondary N) is 2. The van der Waals surface area contributed by atoms with Crippen molar-refractivity contribution in [2.45, 2.75) is 37.6 Å². The average Bonchev–Trinajstić information content (AvgIpc) is 2.41. The quantitative estimate of drug-likeness (QED) is 0.213. The van der Waals surface area contributed by atoms with Gasteiger partial charge in [-0.25, -0.2) is 4.79 Å². The van der Waals surface area contributed by atoms with E-state index < -0.39 is 54.3 Å². The van der Waals surface area contributed by atoms with Gasteiger partial charge < -0.3 is 32.3 Å². The van der Waals surface area contributed by atoms with Gasteiger partial charge in [-0.3, -0.25) is 14.4 Å². The largest absolute Gasteiger partial charge is 0.480 e. The highest BCUT2D eigenvalue weighted by Crippen LogP contribution is 1.98. The molecular formula is C11H20N4O6S. The molecule has 11 heteroatoms. The first-order chi connectivity index (χ1) is 10.1. The van der Waals surface area contributed by atoms with Crippen LogP contribution in [0.25, 0.3) is 0 Å². The number of nitrogens with two attached hydrogens (primary N) is 2. The molecule has 0 rings (SSSR count). The molecule has 0 aliphatic heterocycles. The van der Waals surface area contributed by atoms with Gasteiger partial charge in [-0.1, -0.05) is 0 Å². The zero-order chi connectivity index (χ0) is 17.4. The fourth-order valence-electron chi connectivity index (χ4n) is 1.36. The van der Waals surface area contributed by atoms with Crippen molar-refractivity contribution in [1.82, 2.24) is 10.6 Å². The summed E-state index contributed by atoms with van der Waals surface area (Å²) in [6.45, 7) is 1.27. The Labute approximate surface area is 132 Å². The highest BCUT2D eigenvalue weighted by Gasteiger charge is 2.29. The van der Waals surface area contributed by atoms with Gasteiger partial charge in [-0.05, 0) is 6.92 Å². The molecule has 4 atom stereocenters. The molecule has 0 aromatic heterocycles. The van der Waals surface area contributed by atoms with Crippen LogP contribution in [-0.2, 0) is 19.2 Å². The number of aliphatic hydroxyl groups excluding tert-OH is 1. The highest BCUT2D eigenvalue weighted by molar-refractivity contribution is 7.80. The van der Waals surface area contributed by atoms with Crippen molar-refractivity contribution in [3.63, 3.8) is 0 Å². The summed E-state index contributed by atoms with van der Waals surface area (Å²) in [6, 6.07) is -4.02. The molecular weight excluding hydrogens is 316 g/mol. The summed E-state index contributed by atoms with van der Waals surface area (Å²) in [5.74, 6) is -4.21. The minimum atomic E-state index is -1.41. The van der Waals surface area contributed by atoms with Gasteiger partial charge in [0.1, 0.15) is 18.1 Å². The van der Waals surface area contributed by atoms with Crippen molar-refractivity contribution in [2.75, 3.05) is 5.75 Å². The van der Waals surface area contributed by atoms with Gasteiger partial charge in [0, 0.05) is 5.75 Å². The van der Waals surface area contributed by atoms with E-state index in [0.717, 1.165) is 0 Å². The summed E-state index contributed by atoms with van der Waals surface area (Å²) in [5, 5.41) is 22.3. The third-order valence-electron chi connectivity index (χ3n) is 2.66. The summed E-state index contributed by atoms with van der Waals surface area (Å²) in [5.41, 5.74) is 10.4. The molecule has 0 saturated heterocycles. The predicted octanol–water partition coefficient (Wildman–Crippen LogP) is -3.45. The van der Waals surface area contributed by atoms with Gasteiger partial charge in [0.15, 0.2) is 0 Å². The summed E-state index contributed by atoms with van der Waals surface area (Å²) in [6.07, 6.45) is -1.73. The van der Waals surface area contributed by atoms with E-state index in [1.165, 1.54) is 6.92 Å². The standard InChI is InChI=1S/C11H20N4O6S/c1-4(16)8(13)10(19)14-5(2-7(12)17)9(18)15-6(3-22)11(20)21/h4-6,8,16,22H,2-3,13H2,1H3,(H2,12,17)(H,14,19)(H,15,18)(H,20,21). The first kappa shape index (κ1) is 20.1. The van der Waals surface area contributed by atoms with E-state index in [-0.39, 0.29) is 5.75 Å². The van der Waals surface area contributed by atoms with Gasteiger partial charge in [-0.2, -0.15) is 12.6 Å². The van der Waals surface area contributed by atoms with Crippen LogP contribution in [0, 0.1) is 0 Å². The molecule has 0 aliphatic rings. The Balaban J connectivity index is 4.97. The lowest BCUT2D eigenvalue weighted by Crippen LogP contribution is -2.57. The number of hydrogen-bond donors (Lipinski definition) is 7. The number of aliphatic carboxylic acids is 1.